The van der Waals surface area contributed by atoms with Crippen molar-refractivity contribution < 1.29 is 0 Å². The molecule has 5 nitrogen and oxygen atoms in total. The smallest absolute Gasteiger partial charge is 0.238 e. The second kappa shape index (κ2) is 12.6. The number of aromatic nitrogens is 5. The molecular formula is C51H31N5S. The van der Waals surface area contributed by atoms with E-state index in [4.69, 9.17) is 15.0 Å². The van der Waals surface area contributed by atoms with Crippen molar-refractivity contribution in [3.8, 4) is 45.5 Å². The van der Waals surface area contributed by atoms with Crippen molar-refractivity contribution in [2.24, 2.45) is 0 Å². The van der Waals surface area contributed by atoms with E-state index in [0.717, 1.165) is 49.7 Å². The van der Waals surface area contributed by atoms with Crippen LogP contribution in [0.4, 0.5) is 0 Å². The highest BCUT2D eigenvalue weighted by Crippen LogP contribution is 2.43. The zero-order valence-corrected chi connectivity index (χ0v) is 31.4. The largest absolute Gasteiger partial charge is 0.309 e. The van der Waals surface area contributed by atoms with E-state index in [1.165, 1.54) is 42.0 Å². The van der Waals surface area contributed by atoms with Gasteiger partial charge in [0.15, 0.2) is 11.6 Å². The average molecular weight is 746 g/mol. The Labute approximate surface area is 331 Å². The molecule has 0 radical (unpaired) electrons. The number of hydrogen-bond acceptors (Lipinski definition) is 4. The molecule has 0 N–H and O–H groups in total. The first-order valence-corrected chi connectivity index (χ1v) is 19.9. The van der Waals surface area contributed by atoms with Crippen molar-refractivity contribution in [3.05, 3.63) is 188 Å². The summed E-state index contributed by atoms with van der Waals surface area (Å²) in [5, 5.41) is 7.53. The fourth-order valence-corrected chi connectivity index (χ4v) is 9.84. The monoisotopic (exact) mass is 745 g/mol. The molecule has 0 aliphatic heterocycles. The highest BCUT2D eigenvalue weighted by molar-refractivity contribution is 7.26. The van der Waals surface area contributed by atoms with E-state index < -0.39 is 0 Å². The highest BCUT2D eigenvalue weighted by Gasteiger charge is 2.20. The van der Waals surface area contributed by atoms with Crippen LogP contribution in [0.1, 0.15) is 0 Å². The summed E-state index contributed by atoms with van der Waals surface area (Å²) < 4.78 is 7.26. The number of rotatable bonds is 5. The van der Waals surface area contributed by atoms with E-state index in [1.807, 2.05) is 72.0 Å². The van der Waals surface area contributed by atoms with Crippen LogP contribution in [-0.4, -0.2) is 24.1 Å². The molecule has 0 amide bonds. The summed E-state index contributed by atoms with van der Waals surface area (Å²) in [5.41, 5.74) is 9.85. The Bertz CT molecular complexity index is 3450. The number of benzene rings is 8. The molecule has 0 aliphatic rings. The SMILES string of the molecule is c1ccc(-c2nc(-c3ccccc3)nc(-n3c4ccccc4c4cc(-c5ccc(-n6c7ccccc7c7c8sc9ccccc9c8ccc76)cc5)ccc43)n2)cc1. The van der Waals surface area contributed by atoms with Crippen LogP contribution in [0.2, 0.25) is 0 Å². The van der Waals surface area contributed by atoms with Crippen molar-refractivity contribution >= 4 is 75.1 Å². The molecule has 0 spiro atoms. The molecular weight excluding hydrogens is 715 g/mol. The van der Waals surface area contributed by atoms with Gasteiger partial charge in [0.2, 0.25) is 5.95 Å². The molecule has 12 rings (SSSR count). The predicted molar refractivity (Wildman–Crippen MR) is 238 cm³/mol. The normalized spacial score (nSPS) is 11.9. The zero-order valence-electron chi connectivity index (χ0n) is 30.5. The topological polar surface area (TPSA) is 48.5 Å². The number of para-hydroxylation sites is 2. The molecule has 0 aliphatic carbocycles. The van der Waals surface area contributed by atoms with Crippen molar-refractivity contribution in [2.75, 3.05) is 0 Å². The third-order valence-electron chi connectivity index (χ3n) is 11.2. The van der Waals surface area contributed by atoms with Gasteiger partial charge in [-0.2, -0.15) is 9.97 Å². The minimum atomic E-state index is 0.588. The van der Waals surface area contributed by atoms with E-state index in [-0.39, 0.29) is 0 Å². The van der Waals surface area contributed by atoms with Gasteiger partial charge < -0.3 is 4.57 Å². The minimum absolute atomic E-state index is 0.588. The molecule has 6 heteroatoms. The molecule has 0 saturated carbocycles. The Morgan fingerprint density at radius 2 is 0.912 bits per heavy atom. The molecule has 4 heterocycles. The van der Waals surface area contributed by atoms with Crippen LogP contribution in [0, 0.1) is 0 Å². The Hall–Kier alpha value is -7.41. The predicted octanol–water partition coefficient (Wildman–Crippen LogP) is 13.4. The van der Waals surface area contributed by atoms with Gasteiger partial charge in [0.1, 0.15) is 0 Å². The van der Waals surface area contributed by atoms with E-state index >= 15 is 0 Å². The van der Waals surface area contributed by atoms with Crippen LogP contribution in [0.15, 0.2) is 188 Å². The maximum absolute atomic E-state index is 5.10. The summed E-state index contributed by atoms with van der Waals surface area (Å²) in [4.78, 5) is 15.1. The van der Waals surface area contributed by atoms with Gasteiger partial charge in [0, 0.05) is 58.5 Å². The number of fused-ring (bicyclic) bond motifs is 10. The lowest BCUT2D eigenvalue weighted by molar-refractivity contribution is 0.953. The van der Waals surface area contributed by atoms with E-state index in [0.29, 0.717) is 17.6 Å². The molecule has 57 heavy (non-hydrogen) atoms. The van der Waals surface area contributed by atoms with Gasteiger partial charge in [-0.05, 0) is 59.7 Å². The number of thiophene rings is 1. The van der Waals surface area contributed by atoms with Gasteiger partial charge in [0.25, 0.3) is 0 Å². The maximum atomic E-state index is 5.10. The van der Waals surface area contributed by atoms with Crippen LogP contribution in [0.3, 0.4) is 0 Å². The zero-order chi connectivity index (χ0) is 37.5. The van der Waals surface area contributed by atoms with Gasteiger partial charge in [0.05, 0.1) is 22.1 Å². The molecule has 0 saturated heterocycles. The average Bonchev–Trinajstić information content (AvgIpc) is 3.94. The Balaban J connectivity index is 0.992. The van der Waals surface area contributed by atoms with Crippen LogP contribution < -0.4 is 0 Å². The van der Waals surface area contributed by atoms with Crippen molar-refractivity contribution in [2.45, 2.75) is 0 Å². The quantitative estimate of drug-likeness (QED) is 0.176. The lowest BCUT2D eigenvalue weighted by Gasteiger charge is -2.11. The second-order valence-electron chi connectivity index (χ2n) is 14.4. The van der Waals surface area contributed by atoms with Gasteiger partial charge in [-0.1, -0.05) is 140 Å². The summed E-state index contributed by atoms with van der Waals surface area (Å²) in [5.74, 6) is 1.86. The van der Waals surface area contributed by atoms with Crippen LogP contribution >= 0.6 is 11.3 Å². The van der Waals surface area contributed by atoms with Gasteiger partial charge in [-0.3, -0.25) is 4.57 Å². The molecule has 0 unspecified atom stereocenters. The lowest BCUT2D eigenvalue weighted by atomic mass is 10.0. The van der Waals surface area contributed by atoms with Crippen molar-refractivity contribution in [1.29, 1.82) is 0 Å². The van der Waals surface area contributed by atoms with E-state index in [9.17, 15) is 0 Å². The molecule has 8 aromatic carbocycles. The van der Waals surface area contributed by atoms with E-state index in [1.54, 1.807) is 0 Å². The fourth-order valence-electron chi connectivity index (χ4n) is 8.58. The third kappa shape index (κ3) is 4.98. The Morgan fingerprint density at radius 3 is 1.63 bits per heavy atom. The maximum Gasteiger partial charge on any atom is 0.238 e. The molecule has 266 valence electrons. The highest BCUT2D eigenvalue weighted by atomic mass is 32.1. The third-order valence-corrected chi connectivity index (χ3v) is 12.4. The molecule has 0 atom stereocenters. The van der Waals surface area contributed by atoms with Crippen LogP contribution in [0.5, 0.6) is 0 Å². The number of nitrogens with zero attached hydrogens (tertiary/aromatic N) is 5. The first kappa shape index (κ1) is 31.9. The van der Waals surface area contributed by atoms with Crippen LogP contribution in [0.25, 0.3) is 109 Å². The molecule has 0 fully saturated rings. The van der Waals surface area contributed by atoms with Crippen LogP contribution in [-0.2, 0) is 0 Å². The first-order valence-electron chi connectivity index (χ1n) is 19.1. The second-order valence-corrected chi connectivity index (χ2v) is 15.5. The molecule has 12 aromatic rings. The summed E-state index contributed by atoms with van der Waals surface area (Å²) >= 11 is 1.89. The standard InChI is InChI=1S/C51H31N5S/c1-3-13-33(14-4-1)49-52-50(34-15-5-2-6-16-34)54-51(53-49)56-42-20-10-7-17-37(42)41-31-35(25-29-44(41)56)32-23-26-36(27-24-32)55-43-21-11-8-19-40(43)47-45(55)30-28-39-38-18-9-12-22-46(38)57-48(39)47/h1-31H. The Morgan fingerprint density at radius 1 is 0.351 bits per heavy atom. The fraction of sp³-hybridized carbons (Fsp3) is 0. The number of hydrogen-bond donors (Lipinski definition) is 0. The van der Waals surface area contributed by atoms with Crippen molar-refractivity contribution in [1.82, 2.24) is 24.1 Å². The summed E-state index contributed by atoms with van der Waals surface area (Å²) in [7, 11) is 0. The van der Waals surface area contributed by atoms with E-state index in [2.05, 4.69) is 137 Å². The minimum Gasteiger partial charge on any atom is -0.309 e. The van der Waals surface area contributed by atoms with Gasteiger partial charge >= 0.3 is 0 Å². The molecule has 4 aromatic heterocycles. The van der Waals surface area contributed by atoms with Gasteiger partial charge in [-0.15, -0.1) is 11.3 Å². The van der Waals surface area contributed by atoms with Crippen molar-refractivity contribution in [3.63, 3.8) is 0 Å². The summed E-state index contributed by atoms with van der Waals surface area (Å²) in [6.45, 7) is 0. The summed E-state index contributed by atoms with van der Waals surface area (Å²) in [6, 6.07) is 66.6. The Kier molecular flexibility index (Phi) is 7.03. The molecule has 0 bridgehead atoms. The lowest BCUT2D eigenvalue weighted by Crippen LogP contribution is -2.06. The summed E-state index contributed by atoms with van der Waals surface area (Å²) in [6.07, 6.45) is 0. The first-order chi connectivity index (χ1) is 28.3. The van der Waals surface area contributed by atoms with Gasteiger partial charge in [-0.25, -0.2) is 4.98 Å².